The summed E-state index contributed by atoms with van der Waals surface area (Å²) in [5.74, 6) is 0.669. The number of rotatable bonds is 5. The van der Waals surface area contributed by atoms with E-state index in [0.717, 1.165) is 23.9 Å². The zero-order valence-electron chi connectivity index (χ0n) is 11.7. The van der Waals surface area contributed by atoms with Gasteiger partial charge in [-0.25, -0.2) is 0 Å². The van der Waals surface area contributed by atoms with Gasteiger partial charge in [-0.1, -0.05) is 32.0 Å². The Morgan fingerprint density at radius 2 is 2.26 bits per heavy atom. The molecule has 1 heterocycles. The van der Waals surface area contributed by atoms with E-state index in [1.165, 1.54) is 24.6 Å². The van der Waals surface area contributed by atoms with Crippen LogP contribution in [0.1, 0.15) is 51.8 Å². The molecule has 0 saturated heterocycles. The fourth-order valence-corrected chi connectivity index (χ4v) is 3.62. The maximum Gasteiger partial charge on any atom is 0.313 e. The van der Waals surface area contributed by atoms with Gasteiger partial charge in [0.2, 0.25) is 0 Å². The van der Waals surface area contributed by atoms with Crippen LogP contribution < -0.4 is 0 Å². The third-order valence-electron chi connectivity index (χ3n) is 3.96. The van der Waals surface area contributed by atoms with Crippen molar-refractivity contribution in [3.63, 3.8) is 0 Å². The minimum Gasteiger partial charge on any atom is -0.481 e. The van der Waals surface area contributed by atoms with Gasteiger partial charge in [-0.2, -0.15) is 0 Å². The summed E-state index contributed by atoms with van der Waals surface area (Å²) in [5.41, 5.74) is 0.259. The highest BCUT2D eigenvalue weighted by molar-refractivity contribution is 7.99. The van der Waals surface area contributed by atoms with E-state index in [9.17, 15) is 4.79 Å². The lowest BCUT2D eigenvalue weighted by Crippen LogP contribution is -2.19. The van der Waals surface area contributed by atoms with Crippen molar-refractivity contribution in [2.75, 3.05) is 5.75 Å². The van der Waals surface area contributed by atoms with Gasteiger partial charge >= 0.3 is 5.97 Å². The van der Waals surface area contributed by atoms with E-state index < -0.39 is 5.97 Å². The van der Waals surface area contributed by atoms with Crippen LogP contribution >= 0.6 is 11.8 Å². The number of carbonyl (C=O) groups is 1. The minimum absolute atomic E-state index is 0.0339. The molecule has 1 saturated carbocycles. The molecule has 1 aromatic heterocycles. The fraction of sp³-hybridized carbons (Fsp3) is 0.769. The highest BCUT2D eigenvalue weighted by Crippen LogP contribution is 2.48. The highest BCUT2D eigenvalue weighted by Gasteiger charge is 2.38. The van der Waals surface area contributed by atoms with Gasteiger partial charge in [-0.3, -0.25) is 4.79 Å². The van der Waals surface area contributed by atoms with Gasteiger partial charge in [0.1, 0.15) is 5.82 Å². The standard InChI is InChI=1S/C13H21N3O2S/c1-4-16-11(9-6-5-7-13(9,2)3)14-15-12(16)19-8-10(17)18/h9H,4-8H2,1-3H3,(H,17,18). The van der Waals surface area contributed by atoms with Gasteiger partial charge in [0.05, 0.1) is 5.75 Å². The van der Waals surface area contributed by atoms with E-state index >= 15 is 0 Å². The number of hydrogen-bond acceptors (Lipinski definition) is 4. The number of aliphatic carboxylic acids is 1. The molecule has 1 atom stereocenters. The molecule has 0 spiro atoms. The maximum atomic E-state index is 10.7. The fourth-order valence-electron chi connectivity index (χ4n) is 2.89. The van der Waals surface area contributed by atoms with Gasteiger partial charge in [0, 0.05) is 12.5 Å². The monoisotopic (exact) mass is 283 g/mol. The highest BCUT2D eigenvalue weighted by atomic mass is 32.2. The zero-order chi connectivity index (χ0) is 14.0. The molecule has 1 aliphatic carbocycles. The summed E-state index contributed by atoms with van der Waals surface area (Å²) in [6.45, 7) is 7.41. The third-order valence-corrected chi connectivity index (χ3v) is 4.91. The van der Waals surface area contributed by atoms with Crippen LogP contribution in [-0.4, -0.2) is 31.6 Å². The van der Waals surface area contributed by atoms with Crippen LogP contribution in [0.5, 0.6) is 0 Å². The lowest BCUT2D eigenvalue weighted by molar-refractivity contribution is -0.133. The van der Waals surface area contributed by atoms with Crippen molar-refractivity contribution in [3.8, 4) is 0 Å². The predicted octanol–water partition coefficient (Wildman–Crippen LogP) is 2.77. The average molecular weight is 283 g/mol. The van der Waals surface area contributed by atoms with E-state index in [-0.39, 0.29) is 11.2 Å². The summed E-state index contributed by atoms with van der Waals surface area (Å²) < 4.78 is 2.07. The van der Waals surface area contributed by atoms with Crippen molar-refractivity contribution >= 4 is 17.7 Å². The molecule has 1 aromatic rings. The van der Waals surface area contributed by atoms with Crippen molar-refractivity contribution < 1.29 is 9.90 Å². The van der Waals surface area contributed by atoms with E-state index in [1.807, 2.05) is 0 Å². The third kappa shape index (κ3) is 2.94. The average Bonchev–Trinajstić information content (AvgIpc) is 2.88. The van der Waals surface area contributed by atoms with Crippen molar-refractivity contribution in [2.24, 2.45) is 5.41 Å². The topological polar surface area (TPSA) is 68.0 Å². The Balaban J connectivity index is 2.24. The Bertz CT molecular complexity index is 470. The summed E-state index contributed by atoms with van der Waals surface area (Å²) >= 11 is 1.25. The van der Waals surface area contributed by atoms with Crippen LogP contribution in [0.25, 0.3) is 0 Å². The number of carboxylic acid groups (broad SMARTS) is 1. The quantitative estimate of drug-likeness (QED) is 0.842. The molecule has 5 nitrogen and oxygen atoms in total. The molecule has 0 radical (unpaired) electrons. The second-order valence-corrected chi connectivity index (χ2v) is 6.64. The van der Waals surface area contributed by atoms with Gasteiger partial charge < -0.3 is 9.67 Å². The summed E-state index contributed by atoms with van der Waals surface area (Å²) in [6, 6.07) is 0. The van der Waals surface area contributed by atoms with Crippen LogP contribution in [-0.2, 0) is 11.3 Å². The molecule has 106 valence electrons. The van der Waals surface area contributed by atoms with Gasteiger partial charge in [0.25, 0.3) is 0 Å². The van der Waals surface area contributed by atoms with Crippen molar-refractivity contribution in [1.29, 1.82) is 0 Å². The molecule has 0 aliphatic heterocycles. The predicted molar refractivity (Wildman–Crippen MR) is 74.4 cm³/mol. The molecule has 0 bridgehead atoms. The first kappa shape index (κ1) is 14.4. The summed E-state index contributed by atoms with van der Waals surface area (Å²) in [4.78, 5) is 10.7. The molecule has 1 N–H and O–H groups in total. The van der Waals surface area contributed by atoms with Gasteiger partial charge in [0.15, 0.2) is 5.16 Å². The summed E-state index contributed by atoms with van der Waals surface area (Å²) in [5, 5.41) is 18.0. The molecule has 1 unspecified atom stereocenters. The Morgan fingerprint density at radius 3 is 2.79 bits per heavy atom. The smallest absolute Gasteiger partial charge is 0.313 e. The second-order valence-electron chi connectivity index (χ2n) is 5.70. The molecule has 1 aliphatic rings. The van der Waals surface area contributed by atoms with Gasteiger partial charge in [-0.15, -0.1) is 10.2 Å². The van der Waals surface area contributed by atoms with Crippen molar-refractivity contribution in [2.45, 2.75) is 57.7 Å². The Morgan fingerprint density at radius 1 is 1.53 bits per heavy atom. The lowest BCUT2D eigenvalue weighted by atomic mass is 9.81. The molecule has 6 heteroatoms. The minimum atomic E-state index is -0.821. The number of nitrogens with zero attached hydrogens (tertiary/aromatic N) is 3. The normalized spacial score (nSPS) is 21.7. The first-order valence-corrected chi connectivity index (χ1v) is 7.72. The SMILES string of the molecule is CCn1c(SCC(=O)O)nnc1C1CCCC1(C)C. The molecule has 1 fully saturated rings. The van der Waals surface area contributed by atoms with E-state index in [0.29, 0.717) is 5.92 Å². The molecular weight excluding hydrogens is 262 g/mol. The van der Waals surface area contributed by atoms with E-state index in [2.05, 4.69) is 35.5 Å². The zero-order valence-corrected chi connectivity index (χ0v) is 12.5. The van der Waals surface area contributed by atoms with Crippen molar-refractivity contribution in [1.82, 2.24) is 14.8 Å². The first-order valence-electron chi connectivity index (χ1n) is 6.73. The van der Waals surface area contributed by atoms with Crippen LogP contribution in [0.2, 0.25) is 0 Å². The molecule has 0 aromatic carbocycles. The van der Waals surface area contributed by atoms with Gasteiger partial charge in [-0.05, 0) is 25.2 Å². The maximum absolute atomic E-state index is 10.7. The van der Waals surface area contributed by atoms with Crippen LogP contribution in [0.3, 0.4) is 0 Å². The Hall–Kier alpha value is -1.04. The number of aromatic nitrogens is 3. The van der Waals surface area contributed by atoms with E-state index in [4.69, 9.17) is 5.11 Å². The van der Waals surface area contributed by atoms with Crippen LogP contribution in [0.4, 0.5) is 0 Å². The number of hydrogen-bond donors (Lipinski definition) is 1. The summed E-state index contributed by atoms with van der Waals surface area (Å²) in [7, 11) is 0. The molecule has 19 heavy (non-hydrogen) atoms. The van der Waals surface area contributed by atoms with Crippen molar-refractivity contribution in [3.05, 3.63) is 5.82 Å². The van der Waals surface area contributed by atoms with E-state index in [1.54, 1.807) is 0 Å². The van der Waals surface area contributed by atoms with Crippen LogP contribution in [0, 0.1) is 5.41 Å². The Labute approximate surface area is 117 Å². The summed E-state index contributed by atoms with van der Waals surface area (Å²) in [6.07, 6.45) is 3.59. The largest absolute Gasteiger partial charge is 0.481 e. The first-order chi connectivity index (χ1) is 8.95. The number of carboxylic acids is 1. The molecule has 0 amide bonds. The van der Waals surface area contributed by atoms with Crippen LogP contribution in [0.15, 0.2) is 5.16 Å². The lowest BCUT2D eigenvalue weighted by Gasteiger charge is -2.26. The Kier molecular flexibility index (Phi) is 4.18. The molecular formula is C13H21N3O2S. The molecule has 2 rings (SSSR count). The number of thioether (sulfide) groups is 1. The second kappa shape index (κ2) is 5.53.